The monoisotopic (exact) mass is 472 g/mol. The average Bonchev–Trinajstić information content (AvgIpc) is 3.25. The molecule has 3 aromatic rings. The normalized spacial score (nSPS) is 14.8. The minimum atomic E-state index is 0.0813. The van der Waals surface area contributed by atoms with Gasteiger partial charge in [-0.1, -0.05) is 18.5 Å². The molecule has 1 aromatic carbocycles. The van der Waals surface area contributed by atoms with E-state index in [2.05, 4.69) is 27.3 Å². The summed E-state index contributed by atoms with van der Waals surface area (Å²) in [5, 5.41) is 17.1. The van der Waals surface area contributed by atoms with Gasteiger partial charge in [0.05, 0.1) is 0 Å². The van der Waals surface area contributed by atoms with Gasteiger partial charge in [0.15, 0.2) is 11.5 Å². The number of anilines is 1. The number of carbonyl (C=O) groups excluding carboxylic acids is 1. The molecule has 0 bridgehead atoms. The Balaban J connectivity index is 1.34. The predicted molar refractivity (Wildman–Crippen MR) is 131 cm³/mol. The molecule has 1 N–H and O–H groups in total. The summed E-state index contributed by atoms with van der Waals surface area (Å²) in [5.74, 6) is 4.14. The summed E-state index contributed by atoms with van der Waals surface area (Å²) in [6, 6.07) is 11.4. The molecular formula is C23H29ClN6OS. The molecule has 3 heterocycles. The maximum atomic E-state index is 12.5. The van der Waals surface area contributed by atoms with Crippen LogP contribution in [0.4, 0.5) is 5.82 Å². The standard InChI is InChI=1S/C23H29ClN6OS/c1-2-15-32-16-3-12-25-23(31)18-10-13-29(14-11-18)21-9-8-20-26-27-22(30(20)28-21)17-4-6-19(24)7-5-17/h4-9,18H,2-3,10-16H2,1H3,(H,25,31). The van der Waals surface area contributed by atoms with E-state index in [9.17, 15) is 4.79 Å². The Morgan fingerprint density at radius 1 is 1.12 bits per heavy atom. The Morgan fingerprint density at radius 3 is 2.66 bits per heavy atom. The van der Waals surface area contributed by atoms with Crippen molar-refractivity contribution in [3.8, 4) is 11.4 Å². The molecule has 0 spiro atoms. The number of halogens is 1. The van der Waals surface area contributed by atoms with Gasteiger partial charge in [0.2, 0.25) is 5.91 Å². The second kappa shape index (κ2) is 11.0. The van der Waals surface area contributed by atoms with Gasteiger partial charge in [-0.2, -0.15) is 16.3 Å². The van der Waals surface area contributed by atoms with Crippen molar-refractivity contribution in [3.63, 3.8) is 0 Å². The molecular weight excluding hydrogens is 444 g/mol. The molecule has 0 aliphatic carbocycles. The van der Waals surface area contributed by atoms with Crippen LogP contribution in [-0.4, -0.2) is 56.9 Å². The highest BCUT2D eigenvalue weighted by Crippen LogP contribution is 2.24. The molecule has 7 nitrogen and oxygen atoms in total. The molecule has 1 amide bonds. The number of rotatable bonds is 9. The Kier molecular flexibility index (Phi) is 7.86. The first-order valence-corrected chi connectivity index (χ1v) is 12.8. The van der Waals surface area contributed by atoms with Crippen LogP contribution in [0.2, 0.25) is 5.02 Å². The molecule has 170 valence electrons. The molecule has 1 aliphatic heterocycles. The number of fused-ring (bicyclic) bond motifs is 1. The van der Waals surface area contributed by atoms with Crippen LogP contribution >= 0.6 is 23.4 Å². The molecule has 1 aliphatic rings. The van der Waals surface area contributed by atoms with E-state index in [1.165, 1.54) is 12.2 Å². The molecule has 0 radical (unpaired) electrons. The van der Waals surface area contributed by atoms with Crippen molar-refractivity contribution in [1.29, 1.82) is 0 Å². The maximum Gasteiger partial charge on any atom is 0.223 e. The summed E-state index contributed by atoms with van der Waals surface area (Å²) < 4.78 is 1.77. The summed E-state index contributed by atoms with van der Waals surface area (Å²) in [6.45, 7) is 4.58. The van der Waals surface area contributed by atoms with Crippen LogP contribution in [0.25, 0.3) is 17.0 Å². The number of benzene rings is 1. The highest BCUT2D eigenvalue weighted by atomic mass is 35.5. The highest BCUT2D eigenvalue weighted by Gasteiger charge is 2.26. The molecule has 2 aromatic heterocycles. The van der Waals surface area contributed by atoms with E-state index >= 15 is 0 Å². The molecule has 0 saturated carbocycles. The number of hydrogen-bond acceptors (Lipinski definition) is 6. The lowest BCUT2D eigenvalue weighted by molar-refractivity contribution is -0.125. The molecule has 1 saturated heterocycles. The van der Waals surface area contributed by atoms with Gasteiger partial charge in [-0.15, -0.1) is 15.3 Å². The summed E-state index contributed by atoms with van der Waals surface area (Å²) >= 11 is 7.97. The van der Waals surface area contributed by atoms with E-state index in [0.29, 0.717) is 16.5 Å². The van der Waals surface area contributed by atoms with Crippen molar-refractivity contribution >= 4 is 40.7 Å². The fraction of sp³-hybridized carbons (Fsp3) is 0.478. The number of amides is 1. The van der Waals surface area contributed by atoms with Crippen LogP contribution in [0.15, 0.2) is 36.4 Å². The average molecular weight is 473 g/mol. The van der Waals surface area contributed by atoms with Gasteiger partial charge < -0.3 is 10.2 Å². The van der Waals surface area contributed by atoms with E-state index in [0.717, 1.165) is 56.0 Å². The molecule has 0 unspecified atom stereocenters. The quantitative estimate of drug-likeness (QED) is 0.468. The van der Waals surface area contributed by atoms with Crippen molar-refractivity contribution in [2.75, 3.05) is 36.0 Å². The first-order chi connectivity index (χ1) is 15.7. The zero-order valence-corrected chi connectivity index (χ0v) is 19.9. The largest absolute Gasteiger partial charge is 0.356 e. The van der Waals surface area contributed by atoms with E-state index in [1.54, 1.807) is 4.52 Å². The van der Waals surface area contributed by atoms with Crippen LogP contribution < -0.4 is 10.2 Å². The zero-order valence-electron chi connectivity index (χ0n) is 18.3. The van der Waals surface area contributed by atoms with Crippen molar-refractivity contribution in [2.24, 2.45) is 5.92 Å². The number of carbonyl (C=O) groups is 1. The lowest BCUT2D eigenvalue weighted by Crippen LogP contribution is -2.41. The van der Waals surface area contributed by atoms with Crippen LogP contribution in [0.3, 0.4) is 0 Å². The van der Waals surface area contributed by atoms with Gasteiger partial charge in [0, 0.05) is 36.1 Å². The number of piperidine rings is 1. The Labute approximate surface area is 197 Å². The number of nitrogens with one attached hydrogen (secondary N) is 1. The highest BCUT2D eigenvalue weighted by molar-refractivity contribution is 7.99. The van der Waals surface area contributed by atoms with Gasteiger partial charge in [-0.25, -0.2) is 0 Å². The summed E-state index contributed by atoms with van der Waals surface area (Å²) in [6.07, 6.45) is 3.91. The third-order valence-corrected chi connectivity index (χ3v) is 7.18. The summed E-state index contributed by atoms with van der Waals surface area (Å²) in [4.78, 5) is 14.7. The zero-order chi connectivity index (χ0) is 22.3. The fourth-order valence-corrected chi connectivity index (χ4v) is 4.84. The van der Waals surface area contributed by atoms with Crippen LogP contribution in [0.5, 0.6) is 0 Å². The third kappa shape index (κ3) is 5.53. The smallest absolute Gasteiger partial charge is 0.223 e. The van der Waals surface area contributed by atoms with Gasteiger partial charge in [0.1, 0.15) is 5.82 Å². The number of thioether (sulfide) groups is 1. The molecule has 9 heteroatoms. The van der Waals surface area contributed by atoms with Crippen molar-refractivity contribution < 1.29 is 4.79 Å². The lowest BCUT2D eigenvalue weighted by Gasteiger charge is -2.32. The third-order valence-electron chi connectivity index (χ3n) is 5.65. The van der Waals surface area contributed by atoms with E-state index < -0.39 is 0 Å². The Morgan fingerprint density at radius 2 is 1.91 bits per heavy atom. The first-order valence-electron chi connectivity index (χ1n) is 11.2. The number of aromatic nitrogens is 4. The number of nitrogens with zero attached hydrogens (tertiary/aromatic N) is 5. The van der Waals surface area contributed by atoms with Gasteiger partial charge in [-0.05, 0) is 73.6 Å². The second-order valence-corrected chi connectivity index (χ2v) is 9.67. The topological polar surface area (TPSA) is 75.4 Å². The van der Waals surface area contributed by atoms with Gasteiger partial charge >= 0.3 is 0 Å². The minimum Gasteiger partial charge on any atom is -0.356 e. The van der Waals surface area contributed by atoms with E-state index in [-0.39, 0.29) is 11.8 Å². The lowest BCUT2D eigenvalue weighted by atomic mass is 9.96. The molecule has 0 atom stereocenters. The minimum absolute atomic E-state index is 0.0813. The second-order valence-electron chi connectivity index (χ2n) is 8.01. The van der Waals surface area contributed by atoms with E-state index in [1.807, 2.05) is 48.2 Å². The molecule has 1 fully saturated rings. The summed E-state index contributed by atoms with van der Waals surface area (Å²) in [5.41, 5.74) is 1.61. The van der Waals surface area contributed by atoms with Crippen LogP contribution in [0.1, 0.15) is 32.6 Å². The van der Waals surface area contributed by atoms with E-state index in [4.69, 9.17) is 16.7 Å². The predicted octanol–water partition coefficient (Wildman–Crippen LogP) is 4.31. The van der Waals surface area contributed by atoms with Crippen molar-refractivity contribution in [2.45, 2.75) is 32.6 Å². The van der Waals surface area contributed by atoms with Gasteiger partial charge in [-0.3, -0.25) is 4.79 Å². The number of hydrogen-bond donors (Lipinski definition) is 1. The van der Waals surface area contributed by atoms with Crippen molar-refractivity contribution in [3.05, 3.63) is 41.4 Å². The SMILES string of the molecule is CCCSCCCNC(=O)C1CCN(c2ccc3nnc(-c4ccc(Cl)cc4)n3n2)CC1. The van der Waals surface area contributed by atoms with Crippen LogP contribution in [0, 0.1) is 5.92 Å². The van der Waals surface area contributed by atoms with Crippen LogP contribution in [-0.2, 0) is 4.79 Å². The summed E-state index contributed by atoms with van der Waals surface area (Å²) in [7, 11) is 0. The maximum absolute atomic E-state index is 12.5. The first kappa shape index (κ1) is 22.9. The molecule has 4 rings (SSSR count). The van der Waals surface area contributed by atoms with Crippen molar-refractivity contribution in [1.82, 2.24) is 25.1 Å². The van der Waals surface area contributed by atoms with Gasteiger partial charge in [0.25, 0.3) is 0 Å². The Hall–Kier alpha value is -2.32. The fourth-order valence-electron chi connectivity index (χ4n) is 3.87. The molecule has 32 heavy (non-hydrogen) atoms. The Bertz CT molecular complexity index is 1030.